The molecule has 2 N–H and O–H groups in total. The maximum absolute atomic E-state index is 12.9. The van der Waals surface area contributed by atoms with Crippen molar-refractivity contribution >= 4 is 11.8 Å². The minimum Gasteiger partial charge on any atom is -0.288 e. The van der Waals surface area contributed by atoms with Crippen molar-refractivity contribution in [2.45, 2.75) is 13.1 Å². The fourth-order valence-corrected chi connectivity index (χ4v) is 1.63. The predicted octanol–water partition coefficient (Wildman–Crippen LogP) is 2.36. The molecule has 0 unspecified atom stereocenters. The second-order valence-electron chi connectivity index (χ2n) is 4.05. The smallest absolute Gasteiger partial charge is 0.288 e. The Labute approximate surface area is 123 Å². The Balaban J connectivity index is 2.20. The fraction of sp³-hybridized carbons (Fsp3) is 0.250. The number of anilines is 1. The molecule has 0 saturated carbocycles. The number of nitrogens with one attached hydrogen (secondary N) is 2. The second-order valence-corrected chi connectivity index (χ2v) is 4.05. The molecule has 10 heteroatoms. The monoisotopic (exact) mass is 315 g/mol. The van der Waals surface area contributed by atoms with E-state index in [1.807, 2.05) is 0 Å². The van der Waals surface area contributed by atoms with Gasteiger partial charge >= 0.3 is 12.2 Å². The van der Waals surface area contributed by atoms with Crippen LogP contribution in [0, 0.1) is 0 Å². The molecule has 2 aromatic rings. The van der Waals surface area contributed by atoms with Crippen LogP contribution in [0.2, 0.25) is 0 Å². The van der Waals surface area contributed by atoms with Gasteiger partial charge in [-0.25, -0.2) is 15.0 Å². The summed E-state index contributed by atoms with van der Waals surface area (Å²) in [7, 11) is 0. The number of halogens is 3. The number of carbonyl (C=O) groups excluding carboxylic acids is 1. The van der Waals surface area contributed by atoms with E-state index in [4.69, 9.17) is 0 Å². The average molecular weight is 315 g/mol. The number of aromatic nitrogens is 3. The van der Waals surface area contributed by atoms with Crippen molar-refractivity contribution in [3.8, 4) is 5.69 Å². The quantitative estimate of drug-likeness (QED) is 0.849. The van der Waals surface area contributed by atoms with Crippen LogP contribution in [0.15, 0.2) is 30.5 Å². The van der Waals surface area contributed by atoms with Gasteiger partial charge in [0.25, 0.3) is 0 Å². The normalized spacial score (nSPS) is 11.3. The molecule has 0 spiro atoms. The first kappa shape index (κ1) is 15.8. The number of carbonyl (C=O) groups is 1. The summed E-state index contributed by atoms with van der Waals surface area (Å²) in [6.07, 6.45) is -3.36. The van der Waals surface area contributed by atoms with Crippen LogP contribution in [0.1, 0.15) is 12.5 Å². The average Bonchev–Trinajstić information content (AvgIpc) is 2.92. The molecule has 1 heterocycles. The van der Waals surface area contributed by atoms with Gasteiger partial charge in [0, 0.05) is 0 Å². The number of hydrogen-bond acceptors (Lipinski definition) is 4. The molecule has 7 nitrogen and oxygen atoms in total. The summed E-state index contributed by atoms with van der Waals surface area (Å²) in [6.45, 7) is 1.93. The molecule has 0 radical (unpaired) electrons. The van der Waals surface area contributed by atoms with Gasteiger partial charge in [0.05, 0.1) is 24.1 Å². The summed E-state index contributed by atoms with van der Waals surface area (Å²) in [4.78, 5) is 16.0. The van der Waals surface area contributed by atoms with Gasteiger partial charge in [0.1, 0.15) is 0 Å². The molecule has 1 aromatic heterocycles. The van der Waals surface area contributed by atoms with Gasteiger partial charge in [-0.2, -0.15) is 13.2 Å². The molecule has 22 heavy (non-hydrogen) atoms. The molecule has 2 amide bonds. The molecule has 0 bridgehead atoms. The molecular formula is C12H12F3N5O2. The number of amides is 2. The molecule has 2 rings (SSSR count). The summed E-state index contributed by atoms with van der Waals surface area (Å²) < 4.78 is 39.7. The van der Waals surface area contributed by atoms with E-state index in [1.54, 1.807) is 6.92 Å². The Morgan fingerprint density at radius 2 is 2.09 bits per heavy atom. The van der Waals surface area contributed by atoms with Gasteiger partial charge in [0.2, 0.25) is 0 Å². The first-order chi connectivity index (χ1) is 10.4. The van der Waals surface area contributed by atoms with Gasteiger partial charge in [-0.3, -0.25) is 10.2 Å². The highest BCUT2D eigenvalue weighted by molar-refractivity contribution is 5.87. The van der Waals surface area contributed by atoms with Crippen LogP contribution in [0.5, 0.6) is 0 Å². The van der Waals surface area contributed by atoms with Crippen molar-refractivity contribution in [1.82, 2.24) is 20.5 Å². The number of rotatable bonds is 4. The fourth-order valence-electron chi connectivity index (χ4n) is 1.63. The first-order valence-electron chi connectivity index (χ1n) is 6.19. The lowest BCUT2D eigenvalue weighted by Crippen LogP contribution is -2.28. The van der Waals surface area contributed by atoms with E-state index in [9.17, 15) is 18.0 Å². The Hall–Kier alpha value is -2.62. The lowest BCUT2D eigenvalue weighted by Gasteiger charge is -2.11. The highest BCUT2D eigenvalue weighted by atomic mass is 19.4. The summed E-state index contributed by atoms with van der Waals surface area (Å²) in [6, 6.07) is 4.20. The van der Waals surface area contributed by atoms with E-state index < -0.39 is 17.8 Å². The Morgan fingerprint density at radius 1 is 1.36 bits per heavy atom. The van der Waals surface area contributed by atoms with Gasteiger partial charge in [-0.1, -0.05) is 17.3 Å². The minimum absolute atomic E-state index is 0.0193. The van der Waals surface area contributed by atoms with Gasteiger partial charge < -0.3 is 0 Å². The summed E-state index contributed by atoms with van der Waals surface area (Å²) in [5, 5.41) is 9.43. The van der Waals surface area contributed by atoms with Crippen LogP contribution in [0.25, 0.3) is 5.69 Å². The third kappa shape index (κ3) is 3.73. The molecule has 1 aromatic carbocycles. The standard InChI is InChI=1S/C12H12F3N5O2/c1-2-22-18-11(21)16-10-7-20(19-17-10)9-6-4-3-5-8(9)12(13,14)15/h3-7H,2H2,1H3,(H2,16,18,21). The molecule has 0 atom stereocenters. The number of benzene rings is 1. The molecular weight excluding hydrogens is 303 g/mol. The zero-order valence-corrected chi connectivity index (χ0v) is 11.4. The summed E-state index contributed by atoms with van der Waals surface area (Å²) in [5.74, 6) is -0.0193. The Bertz CT molecular complexity index is 656. The van der Waals surface area contributed by atoms with Crippen molar-refractivity contribution < 1.29 is 22.8 Å². The van der Waals surface area contributed by atoms with Crippen LogP contribution in [-0.2, 0) is 11.0 Å². The highest BCUT2D eigenvalue weighted by Crippen LogP contribution is 2.33. The van der Waals surface area contributed by atoms with Gasteiger partial charge in [-0.05, 0) is 19.1 Å². The first-order valence-corrected chi connectivity index (χ1v) is 6.19. The maximum atomic E-state index is 12.9. The Kier molecular flexibility index (Phi) is 4.61. The van der Waals surface area contributed by atoms with Crippen molar-refractivity contribution in [3.05, 3.63) is 36.0 Å². The summed E-state index contributed by atoms with van der Waals surface area (Å²) in [5.41, 5.74) is 1.01. The SMILES string of the molecule is CCONC(=O)Nc1cn(-c2ccccc2C(F)(F)F)nn1. The van der Waals surface area contributed by atoms with Crippen LogP contribution in [-0.4, -0.2) is 27.6 Å². The van der Waals surface area contributed by atoms with Crippen LogP contribution in [0.3, 0.4) is 0 Å². The van der Waals surface area contributed by atoms with Crippen LogP contribution >= 0.6 is 0 Å². The molecule has 0 aliphatic carbocycles. The number of nitrogens with zero attached hydrogens (tertiary/aromatic N) is 3. The molecule has 0 saturated heterocycles. The highest BCUT2D eigenvalue weighted by Gasteiger charge is 2.34. The number of hydroxylamine groups is 1. The van der Waals surface area contributed by atoms with E-state index >= 15 is 0 Å². The van der Waals surface area contributed by atoms with Crippen molar-refractivity contribution in [2.24, 2.45) is 0 Å². The van der Waals surface area contributed by atoms with E-state index in [0.717, 1.165) is 16.9 Å². The predicted molar refractivity (Wildman–Crippen MR) is 70.1 cm³/mol. The van der Waals surface area contributed by atoms with Gasteiger partial charge in [0.15, 0.2) is 5.82 Å². The van der Waals surface area contributed by atoms with Crippen LogP contribution < -0.4 is 10.8 Å². The zero-order valence-electron chi connectivity index (χ0n) is 11.4. The van der Waals surface area contributed by atoms with Crippen molar-refractivity contribution in [1.29, 1.82) is 0 Å². The van der Waals surface area contributed by atoms with E-state index in [2.05, 4.69) is 25.9 Å². The van der Waals surface area contributed by atoms with E-state index in [1.165, 1.54) is 18.2 Å². The third-order valence-electron chi connectivity index (χ3n) is 2.50. The molecule has 118 valence electrons. The number of hydrogen-bond donors (Lipinski definition) is 2. The topological polar surface area (TPSA) is 81.1 Å². The number of urea groups is 1. The van der Waals surface area contributed by atoms with E-state index in [0.29, 0.717) is 0 Å². The largest absolute Gasteiger partial charge is 0.418 e. The molecule has 0 aliphatic heterocycles. The molecule has 0 fully saturated rings. The summed E-state index contributed by atoms with van der Waals surface area (Å²) >= 11 is 0. The van der Waals surface area contributed by atoms with Crippen molar-refractivity contribution in [3.63, 3.8) is 0 Å². The number of alkyl halides is 3. The Morgan fingerprint density at radius 3 is 2.77 bits per heavy atom. The zero-order chi connectivity index (χ0) is 16.2. The van der Waals surface area contributed by atoms with E-state index in [-0.39, 0.29) is 18.1 Å². The lowest BCUT2D eigenvalue weighted by molar-refractivity contribution is -0.137. The number of para-hydroxylation sites is 1. The minimum atomic E-state index is -4.53. The third-order valence-corrected chi connectivity index (χ3v) is 2.50. The van der Waals surface area contributed by atoms with Crippen LogP contribution in [0.4, 0.5) is 23.8 Å². The second kappa shape index (κ2) is 6.43. The van der Waals surface area contributed by atoms with Gasteiger partial charge in [-0.15, -0.1) is 5.10 Å². The van der Waals surface area contributed by atoms with Crippen molar-refractivity contribution in [2.75, 3.05) is 11.9 Å². The molecule has 0 aliphatic rings. The lowest BCUT2D eigenvalue weighted by atomic mass is 10.2. The maximum Gasteiger partial charge on any atom is 0.418 e.